The molecule has 8 nitrogen and oxygen atoms in total. The first-order valence-corrected chi connectivity index (χ1v) is 7.72. The summed E-state index contributed by atoms with van der Waals surface area (Å²) < 4.78 is 10.4. The minimum Gasteiger partial charge on any atom is -0.465 e. The number of rotatable bonds is 4. The molecule has 0 spiro atoms. The second-order valence-corrected chi connectivity index (χ2v) is 6.16. The van der Waals surface area contributed by atoms with Crippen LogP contribution in [0.5, 0.6) is 0 Å². The Kier molecular flexibility index (Phi) is 4.46. The third-order valence-electron chi connectivity index (χ3n) is 3.39. The first kappa shape index (κ1) is 15.1. The van der Waals surface area contributed by atoms with Gasteiger partial charge in [-0.3, -0.25) is 4.90 Å². The summed E-state index contributed by atoms with van der Waals surface area (Å²) in [6.45, 7) is 2.93. The summed E-state index contributed by atoms with van der Waals surface area (Å²) in [6.07, 6.45) is -0.164. The first-order chi connectivity index (χ1) is 10.7. The summed E-state index contributed by atoms with van der Waals surface area (Å²) in [4.78, 5) is 16.9. The quantitative estimate of drug-likeness (QED) is 0.763. The van der Waals surface area contributed by atoms with Crippen molar-refractivity contribution in [3.05, 3.63) is 27.7 Å². The maximum absolute atomic E-state index is 11.5. The third kappa shape index (κ3) is 3.32. The molecule has 0 amide bonds. The molecule has 118 valence electrons. The van der Waals surface area contributed by atoms with Crippen molar-refractivity contribution in [3.63, 3.8) is 0 Å². The SMILES string of the molecule is COC(=O)c1ccc(CN2CCOC(c3nnn(C)n3)C2)s1. The average Bonchev–Trinajstić information content (AvgIpc) is 3.16. The van der Waals surface area contributed by atoms with Gasteiger partial charge in [-0.1, -0.05) is 0 Å². The number of hydrogen-bond donors (Lipinski definition) is 0. The highest BCUT2D eigenvalue weighted by molar-refractivity contribution is 7.13. The number of ether oxygens (including phenoxy) is 2. The van der Waals surface area contributed by atoms with Gasteiger partial charge in [0, 0.05) is 24.5 Å². The highest BCUT2D eigenvalue weighted by Gasteiger charge is 2.26. The van der Waals surface area contributed by atoms with E-state index in [0.717, 1.165) is 18.0 Å². The fourth-order valence-electron chi connectivity index (χ4n) is 2.32. The van der Waals surface area contributed by atoms with Gasteiger partial charge in [0.2, 0.25) is 5.82 Å². The van der Waals surface area contributed by atoms with E-state index < -0.39 is 0 Å². The summed E-state index contributed by atoms with van der Waals surface area (Å²) in [5.74, 6) is 0.313. The molecule has 3 heterocycles. The molecule has 1 saturated heterocycles. The predicted octanol–water partition coefficient (Wildman–Crippen LogP) is 0.632. The van der Waals surface area contributed by atoms with Crippen LogP contribution in [0.25, 0.3) is 0 Å². The molecule has 9 heteroatoms. The van der Waals surface area contributed by atoms with Crippen molar-refractivity contribution < 1.29 is 14.3 Å². The Balaban J connectivity index is 1.63. The van der Waals surface area contributed by atoms with Gasteiger partial charge in [-0.25, -0.2) is 4.79 Å². The van der Waals surface area contributed by atoms with Gasteiger partial charge >= 0.3 is 5.97 Å². The lowest BCUT2D eigenvalue weighted by Crippen LogP contribution is -2.38. The van der Waals surface area contributed by atoms with Gasteiger partial charge in [0.25, 0.3) is 0 Å². The lowest BCUT2D eigenvalue weighted by atomic mass is 10.2. The van der Waals surface area contributed by atoms with Crippen molar-refractivity contribution in [2.45, 2.75) is 12.6 Å². The van der Waals surface area contributed by atoms with Gasteiger partial charge in [0.15, 0.2) is 0 Å². The van der Waals surface area contributed by atoms with Crippen LogP contribution in [0.4, 0.5) is 0 Å². The molecule has 22 heavy (non-hydrogen) atoms. The number of tetrazole rings is 1. The number of aromatic nitrogens is 4. The van der Waals surface area contributed by atoms with Gasteiger partial charge < -0.3 is 9.47 Å². The van der Waals surface area contributed by atoms with Gasteiger partial charge in [-0.15, -0.1) is 21.5 Å². The number of carbonyl (C=O) groups is 1. The molecule has 3 rings (SSSR count). The second-order valence-electron chi connectivity index (χ2n) is 4.99. The molecule has 0 aliphatic carbocycles. The van der Waals surface area contributed by atoms with Crippen molar-refractivity contribution in [1.82, 2.24) is 25.1 Å². The fourth-order valence-corrected chi connectivity index (χ4v) is 3.29. The third-order valence-corrected chi connectivity index (χ3v) is 4.44. The smallest absolute Gasteiger partial charge is 0.348 e. The van der Waals surface area contributed by atoms with Crippen molar-refractivity contribution in [1.29, 1.82) is 0 Å². The van der Waals surface area contributed by atoms with E-state index in [1.807, 2.05) is 6.07 Å². The Labute approximate surface area is 131 Å². The maximum Gasteiger partial charge on any atom is 0.348 e. The van der Waals surface area contributed by atoms with Crippen molar-refractivity contribution in [2.24, 2.45) is 7.05 Å². The van der Waals surface area contributed by atoms with Crippen molar-refractivity contribution in [2.75, 3.05) is 26.8 Å². The Bertz CT molecular complexity index is 656. The minimum absolute atomic E-state index is 0.164. The van der Waals surface area contributed by atoms with Crippen LogP contribution in [0.1, 0.15) is 26.5 Å². The summed E-state index contributed by atoms with van der Waals surface area (Å²) in [6, 6.07) is 3.76. The Morgan fingerprint density at radius 1 is 1.55 bits per heavy atom. The number of carbonyl (C=O) groups excluding carboxylic acids is 1. The van der Waals surface area contributed by atoms with Crippen molar-refractivity contribution in [3.8, 4) is 0 Å². The zero-order valence-corrected chi connectivity index (χ0v) is 13.2. The number of thiophene rings is 1. The van der Waals surface area contributed by atoms with E-state index in [9.17, 15) is 4.79 Å². The number of nitrogens with zero attached hydrogens (tertiary/aromatic N) is 5. The maximum atomic E-state index is 11.5. The standard InChI is InChI=1S/C13H17N5O3S/c1-17-15-12(14-16-17)10-8-18(5-6-21-10)7-9-3-4-11(22-9)13(19)20-2/h3-4,10H,5-8H2,1-2H3. The minimum atomic E-state index is -0.292. The molecule has 0 aromatic carbocycles. The summed E-state index contributed by atoms with van der Waals surface area (Å²) in [7, 11) is 3.12. The summed E-state index contributed by atoms with van der Waals surface area (Å²) in [5.41, 5.74) is 0. The lowest BCUT2D eigenvalue weighted by Gasteiger charge is -2.30. The summed E-state index contributed by atoms with van der Waals surface area (Å²) in [5, 5.41) is 12.1. The molecule has 0 bridgehead atoms. The molecular weight excluding hydrogens is 306 g/mol. The molecule has 1 fully saturated rings. The zero-order valence-electron chi connectivity index (χ0n) is 12.4. The van der Waals surface area contributed by atoms with E-state index in [4.69, 9.17) is 9.47 Å². The lowest BCUT2D eigenvalue weighted by molar-refractivity contribution is -0.0370. The van der Waals surface area contributed by atoms with Crippen LogP contribution in [0.2, 0.25) is 0 Å². The van der Waals surface area contributed by atoms with E-state index in [2.05, 4.69) is 20.3 Å². The summed E-state index contributed by atoms with van der Waals surface area (Å²) >= 11 is 1.46. The second kappa shape index (κ2) is 6.51. The molecule has 0 saturated carbocycles. The van der Waals surface area contributed by atoms with Crippen LogP contribution in [-0.2, 0) is 23.1 Å². The van der Waals surface area contributed by atoms with E-state index in [1.165, 1.54) is 23.2 Å². The number of esters is 1. The van der Waals surface area contributed by atoms with Crippen LogP contribution >= 0.6 is 11.3 Å². The molecule has 1 atom stereocenters. The molecule has 0 N–H and O–H groups in total. The zero-order chi connectivity index (χ0) is 15.5. The molecule has 2 aromatic rings. The van der Waals surface area contributed by atoms with Gasteiger partial charge in [-0.2, -0.15) is 4.80 Å². The largest absolute Gasteiger partial charge is 0.465 e. The molecule has 1 unspecified atom stereocenters. The predicted molar refractivity (Wildman–Crippen MR) is 78.4 cm³/mol. The number of aryl methyl sites for hydroxylation is 1. The van der Waals surface area contributed by atoms with Gasteiger partial charge in [0.05, 0.1) is 20.8 Å². The number of hydrogen-bond acceptors (Lipinski definition) is 8. The van der Waals surface area contributed by atoms with Crippen LogP contribution in [-0.4, -0.2) is 57.9 Å². The molecule has 1 aliphatic heterocycles. The average molecular weight is 323 g/mol. The molecular formula is C13H17N5O3S. The van der Waals surface area contributed by atoms with E-state index in [-0.39, 0.29) is 12.1 Å². The van der Waals surface area contributed by atoms with Crippen molar-refractivity contribution >= 4 is 17.3 Å². The van der Waals surface area contributed by atoms with E-state index in [1.54, 1.807) is 13.1 Å². The van der Waals surface area contributed by atoms with Crippen LogP contribution < -0.4 is 0 Å². The van der Waals surface area contributed by atoms with E-state index in [0.29, 0.717) is 23.9 Å². The fraction of sp³-hybridized carbons (Fsp3) is 0.538. The van der Waals surface area contributed by atoms with Crippen LogP contribution in [0.15, 0.2) is 12.1 Å². The van der Waals surface area contributed by atoms with Crippen LogP contribution in [0.3, 0.4) is 0 Å². The van der Waals surface area contributed by atoms with Crippen LogP contribution in [0, 0.1) is 0 Å². The number of methoxy groups -OCH3 is 1. The van der Waals surface area contributed by atoms with Gasteiger partial charge in [0.1, 0.15) is 11.0 Å². The Morgan fingerprint density at radius 2 is 2.41 bits per heavy atom. The Hall–Kier alpha value is -1.84. The molecule has 1 aliphatic rings. The topological polar surface area (TPSA) is 82.4 Å². The molecule has 0 radical (unpaired) electrons. The number of morpholine rings is 1. The Morgan fingerprint density at radius 3 is 3.14 bits per heavy atom. The first-order valence-electron chi connectivity index (χ1n) is 6.90. The monoisotopic (exact) mass is 323 g/mol. The highest BCUT2D eigenvalue weighted by Crippen LogP contribution is 2.23. The molecule has 2 aromatic heterocycles. The van der Waals surface area contributed by atoms with E-state index >= 15 is 0 Å². The normalized spacial score (nSPS) is 19.3. The highest BCUT2D eigenvalue weighted by atomic mass is 32.1. The van der Waals surface area contributed by atoms with Gasteiger partial charge in [-0.05, 0) is 17.3 Å².